The molecule has 0 saturated carbocycles. The first-order valence-corrected chi connectivity index (χ1v) is 9.22. The van der Waals surface area contributed by atoms with Crippen molar-refractivity contribution in [3.05, 3.63) is 64.7 Å². The number of amides is 1. The van der Waals surface area contributed by atoms with E-state index in [0.29, 0.717) is 5.75 Å². The molecule has 0 spiro atoms. The molecule has 0 aliphatic heterocycles. The Morgan fingerprint density at radius 3 is 2.54 bits per heavy atom. The third kappa shape index (κ3) is 5.31. The van der Waals surface area contributed by atoms with Crippen molar-refractivity contribution in [2.75, 3.05) is 12.9 Å². The Labute approximate surface area is 148 Å². The van der Waals surface area contributed by atoms with Crippen molar-refractivity contribution < 1.29 is 9.53 Å². The van der Waals surface area contributed by atoms with Crippen LogP contribution < -0.4 is 10.1 Å². The Hall–Kier alpha value is -1.94. The van der Waals surface area contributed by atoms with Crippen molar-refractivity contribution in [2.24, 2.45) is 0 Å². The van der Waals surface area contributed by atoms with E-state index in [0.717, 1.165) is 11.5 Å². The summed E-state index contributed by atoms with van der Waals surface area (Å²) >= 11 is 1.62. The van der Waals surface area contributed by atoms with Crippen LogP contribution in [0.25, 0.3) is 0 Å². The SMILES string of the molecule is COc1ccc(CSCC(=O)N[C@H](C)c2cc(C)ccc2C)cc1. The number of nitrogens with one attached hydrogen (secondary N) is 1. The fourth-order valence-electron chi connectivity index (χ4n) is 2.57. The maximum Gasteiger partial charge on any atom is 0.230 e. The quantitative estimate of drug-likeness (QED) is 0.808. The van der Waals surface area contributed by atoms with Crippen molar-refractivity contribution in [3.63, 3.8) is 0 Å². The van der Waals surface area contributed by atoms with Crippen molar-refractivity contribution in [2.45, 2.75) is 32.6 Å². The molecule has 2 aromatic carbocycles. The number of hydrogen-bond acceptors (Lipinski definition) is 3. The molecule has 0 aliphatic carbocycles. The van der Waals surface area contributed by atoms with Crippen LogP contribution in [0, 0.1) is 13.8 Å². The van der Waals surface area contributed by atoms with Crippen LogP contribution >= 0.6 is 11.8 Å². The molecule has 3 nitrogen and oxygen atoms in total. The van der Waals surface area contributed by atoms with Gasteiger partial charge in [-0.05, 0) is 49.6 Å². The van der Waals surface area contributed by atoms with Gasteiger partial charge in [-0.25, -0.2) is 0 Å². The molecule has 0 aliphatic rings. The summed E-state index contributed by atoms with van der Waals surface area (Å²) in [5.74, 6) is 2.20. The van der Waals surface area contributed by atoms with Crippen LogP contribution in [0.1, 0.15) is 35.2 Å². The zero-order chi connectivity index (χ0) is 17.5. The van der Waals surface area contributed by atoms with E-state index < -0.39 is 0 Å². The number of carbonyl (C=O) groups excluding carboxylic acids is 1. The number of benzene rings is 2. The summed E-state index contributed by atoms with van der Waals surface area (Å²) in [6.07, 6.45) is 0. The van der Waals surface area contributed by atoms with E-state index in [2.05, 4.69) is 37.4 Å². The number of aryl methyl sites for hydroxylation is 2. The number of methoxy groups -OCH3 is 1. The van der Waals surface area contributed by atoms with Gasteiger partial charge in [0.15, 0.2) is 0 Å². The topological polar surface area (TPSA) is 38.3 Å². The van der Waals surface area contributed by atoms with Crippen LogP contribution in [-0.2, 0) is 10.5 Å². The van der Waals surface area contributed by atoms with E-state index in [1.54, 1.807) is 18.9 Å². The zero-order valence-electron chi connectivity index (χ0n) is 14.8. The summed E-state index contributed by atoms with van der Waals surface area (Å²) in [6, 6.07) is 14.3. The first-order valence-electron chi connectivity index (χ1n) is 8.07. The van der Waals surface area contributed by atoms with Crippen LogP contribution in [0.5, 0.6) is 5.75 Å². The number of thioether (sulfide) groups is 1. The fourth-order valence-corrected chi connectivity index (χ4v) is 3.37. The first kappa shape index (κ1) is 18.4. The van der Waals surface area contributed by atoms with Crippen LogP contribution in [0.15, 0.2) is 42.5 Å². The summed E-state index contributed by atoms with van der Waals surface area (Å²) in [4.78, 5) is 12.2. The number of hydrogen-bond donors (Lipinski definition) is 1. The smallest absolute Gasteiger partial charge is 0.230 e. The Balaban J connectivity index is 1.81. The van der Waals surface area contributed by atoms with Crippen molar-refractivity contribution in [1.82, 2.24) is 5.32 Å². The van der Waals surface area contributed by atoms with Gasteiger partial charge in [-0.1, -0.05) is 35.9 Å². The molecule has 1 N–H and O–H groups in total. The van der Waals surface area contributed by atoms with Gasteiger partial charge in [0.2, 0.25) is 5.91 Å². The van der Waals surface area contributed by atoms with Crippen molar-refractivity contribution >= 4 is 17.7 Å². The zero-order valence-corrected chi connectivity index (χ0v) is 15.6. The first-order chi connectivity index (χ1) is 11.5. The largest absolute Gasteiger partial charge is 0.497 e. The van der Waals surface area contributed by atoms with Gasteiger partial charge in [0.05, 0.1) is 18.9 Å². The van der Waals surface area contributed by atoms with E-state index >= 15 is 0 Å². The Kier molecular flexibility index (Phi) is 6.73. The minimum absolute atomic E-state index is 0.0268. The van der Waals surface area contributed by atoms with Crippen molar-refractivity contribution in [1.29, 1.82) is 0 Å². The molecule has 0 saturated heterocycles. The Morgan fingerprint density at radius 2 is 1.88 bits per heavy atom. The Bertz CT molecular complexity index is 683. The molecule has 1 atom stereocenters. The standard InChI is InChI=1S/C20H25NO2S/c1-14-5-6-15(2)19(11-14)16(3)21-20(22)13-24-12-17-7-9-18(23-4)10-8-17/h5-11,16H,12-13H2,1-4H3,(H,21,22)/t16-/m1/s1. The second-order valence-electron chi connectivity index (χ2n) is 5.99. The highest BCUT2D eigenvalue weighted by atomic mass is 32.2. The predicted octanol–water partition coefficient (Wildman–Crippen LogP) is 4.42. The molecule has 2 rings (SSSR count). The number of carbonyl (C=O) groups is 1. The Morgan fingerprint density at radius 1 is 1.17 bits per heavy atom. The predicted molar refractivity (Wildman–Crippen MR) is 102 cm³/mol. The van der Waals surface area contributed by atoms with Gasteiger partial charge in [0.25, 0.3) is 0 Å². The summed E-state index contributed by atoms with van der Waals surface area (Å²) in [5.41, 5.74) is 4.80. The van der Waals surface area contributed by atoms with Gasteiger partial charge in [-0.3, -0.25) is 4.79 Å². The molecule has 128 valence electrons. The second kappa shape index (κ2) is 8.78. The van der Waals surface area contributed by atoms with Crippen LogP contribution in [-0.4, -0.2) is 18.8 Å². The molecular weight excluding hydrogens is 318 g/mol. The van der Waals surface area contributed by atoms with Crippen LogP contribution in [0.4, 0.5) is 0 Å². The molecular formula is C20H25NO2S. The van der Waals surface area contributed by atoms with Crippen molar-refractivity contribution in [3.8, 4) is 5.75 Å². The molecule has 0 unspecified atom stereocenters. The molecule has 0 aromatic heterocycles. The summed E-state index contributed by atoms with van der Waals surface area (Å²) in [6.45, 7) is 6.19. The normalized spacial score (nSPS) is 11.8. The van der Waals surface area contributed by atoms with Gasteiger partial charge in [-0.2, -0.15) is 0 Å². The van der Waals surface area contributed by atoms with Gasteiger partial charge >= 0.3 is 0 Å². The lowest BCUT2D eigenvalue weighted by atomic mass is 10.00. The van der Waals surface area contributed by atoms with E-state index in [-0.39, 0.29) is 11.9 Å². The van der Waals surface area contributed by atoms with Gasteiger partial charge in [-0.15, -0.1) is 11.8 Å². The molecule has 0 bridgehead atoms. The average Bonchev–Trinajstić information content (AvgIpc) is 2.57. The van der Waals surface area contributed by atoms with Crippen LogP contribution in [0.2, 0.25) is 0 Å². The summed E-state index contributed by atoms with van der Waals surface area (Å²) in [7, 11) is 1.66. The minimum Gasteiger partial charge on any atom is -0.497 e. The third-order valence-corrected chi connectivity index (χ3v) is 4.94. The van der Waals surface area contributed by atoms with Gasteiger partial charge in [0, 0.05) is 5.75 Å². The van der Waals surface area contributed by atoms with E-state index in [9.17, 15) is 4.79 Å². The summed E-state index contributed by atoms with van der Waals surface area (Å²) in [5, 5.41) is 3.09. The molecule has 2 aromatic rings. The molecule has 24 heavy (non-hydrogen) atoms. The number of ether oxygens (including phenoxy) is 1. The van der Waals surface area contributed by atoms with E-state index in [4.69, 9.17) is 4.74 Å². The highest BCUT2D eigenvalue weighted by Crippen LogP contribution is 2.20. The number of rotatable bonds is 7. The van der Waals surface area contributed by atoms with Crippen LogP contribution in [0.3, 0.4) is 0 Å². The maximum absolute atomic E-state index is 12.2. The molecule has 0 fully saturated rings. The molecule has 4 heteroatoms. The van der Waals surface area contributed by atoms with Gasteiger partial charge < -0.3 is 10.1 Å². The maximum atomic E-state index is 12.2. The monoisotopic (exact) mass is 343 g/mol. The second-order valence-corrected chi connectivity index (χ2v) is 6.98. The lowest BCUT2D eigenvalue weighted by molar-refractivity contribution is -0.119. The average molecular weight is 343 g/mol. The molecule has 0 radical (unpaired) electrons. The van der Waals surface area contributed by atoms with Gasteiger partial charge in [0.1, 0.15) is 5.75 Å². The van der Waals surface area contributed by atoms with E-state index in [1.807, 2.05) is 31.2 Å². The third-order valence-electron chi connectivity index (χ3n) is 3.94. The highest BCUT2D eigenvalue weighted by molar-refractivity contribution is 7.99. The van der Waals surface area contributed by atoms with E-state index in [1.165, 1.54) is 22.3 Å². The lowest BCUT2D eigenvalue weighted by Crippen LogP contribution is -2.28. The fraction of sp³-hybridized carbons (Fsp3) is 0.350. The molecule has 1 amide bonds. The lowest BCUT2D eigenvalue weighted by Gasteiger charge is -2.17. The highest BCUT2D eigenvalue weighted by Gasteiger charge is 2.12. The summed E-state index contributed by atoms with van der Waals surface area (Å²) < 4.78 is 5.14. The molecule has 0 heterocycles. The minimum atomic E-state index is 0.0268.